The van der Waals surface area contributed by atoms with Gasteiger partial charge in [-0.15, -0.1) is 0 Å². The summed E-state index contributed by atoms with van der Waals surface area (Å²) in [7, 11) is 1.80. The van der Waals surface area contributed by atoms with Crippen LogP contribution in [0.5, 0.6) is 0 Å². The van der Waals surface area contributed by atoms with Gasteiger partial charge in [-0.3, -0.25) is 9.48 Å². The molecule has 0 atom stereocenters. The summed E-state index contributed by atoms with van der Waals surface area (Å²) in [4.78, 5) is 12.6. The van der Waals surface area contributed by atoms with Gasteiger partial charge in [0.2, 0.25) is 5.91 Å². The largest absolute Gasteiger partial charge is 0.384 e. The lowest BCUT2D eigenvalue weighted by Crippen LogP contribution is -2.39. The molecule has 112 valence electrons. The first-order valence-corrected chi connectivity index (χ1v) is 7.49. The van der Waals surface area contributed by atoms with Crippen molar-refractivity contribution in [2.24, 2.45) is 18.4 Å². The molecule has 1 aromatic heterocycles. The van der Waals surface area contributed by atoms with Crippen molar-refractivity contribution < 1.29 is 4.79 Å². The third kappa shape index (κ3) is 2.97. The maximum Gasteiger partial charge on any atom is 0.226 e. The van der Waals surface area contributed by atoms with Gasteiger partial charge in [0.1, 0.15) is 5.82 Å². The number of nitrogens with one attached hydrogen (secondary N) is 1. The van der Waals surface area contributed by atoms with Crippen LogP contribution < -0.4 is 11.1 Å². The van der Waals surface area contributed by atoms with E-state index in [4.69, 9.17) is 5.73 Å². The molecule has 0 saturated heterocycles. The van der Waals surface area contributed by atoms with Crippen LogP contribution in [0.4, 0.5) is 5.82 Å². The fraction of sp³-hybridized carbons (Fsp3) is 0.733. The highest BCUT2D eigenvalue weighted by molar-refractivity contribution is 5.83. The second-order valence-electron chi connectivity index (χ2n) is 6.45. The predicted molar refractivity (Wildman–Crippen MR) is 79.8 cm³/mol. The Morgan fingerprint density at radius 3 is 2.65 bits per heavy atom. The third-order valence-corrected chi connectivity index (χ3v) is 4.35. The average molecular weight is 278 g/mol. The van der Waals surface area contributed by atoms with E-state index in [1.54, 1.807) is 17.9 Å². The van der Waals surface area contributed by atoms with E-state index in [-0.39, 0.29) is 11.3 Å². The Morgan fingerprint density at radius 2 is 2.15 bits per heavy atom. The molecule has 0 radical (unpaired) electrons. The van der Waals surface area contributed by atoms with Crippen LogP contribution in [0, 0.1) is 11.3 Å². The zero-order valence-electron chi connectivity index (χ0n) is 12.8. The zero-order valence-corrected chi connectivity index (χ0v) is 12.8. The summed E-state index contributed by atoms with van der Waals surface area (Å²) in [6.07, 6.45) is 7.05. The van der Waals surface area contributed by atoms with E-state index in [2.05, 4.69) is 24.3 Å². The molecule has 0 unspecified atom stereocenters. The lowest BCUT2D eigenvalue weighted by atomic mass is 9.77. The Kier molecular flexibility index (Phi) is 4.35. The van der Waals surface area contributed by atoms with Gasteiger partial charge in [0.05, 0.1) is 6.20 Å². The first-order valence-electron chi connectivity index (χ1n) is 7.49. The first-order chi connectivity index (χ1) is 9.44. The SMILES string of the molecule is CC(C)CC1(C(=O)NCc2cnn(C)c2N)CCCC1. The second-order valence-corrected chi connectivity index (χ2v) is 6.45. The third-order valence-electron chi connectivity index (χ3n) is 4.35. The Hall–Kier alpha value is -1.52. The Labute approximate surface area is 120 Å². The minimum absolute atomic E-state index is 0.162. The molecule has 0 bridgehead atoms. The molecule has 1 aromatic rings. The van der Waals surface area contributed by atoms with Crippen LogP contribution in [0.1, 0.15) is 51.5 Å². The number of amides is 1. The van der Waals surface area contributed by atoms with E-state index in [1.807, 2.05) is 0 Å². The van der Waals surface area contributed by atoms with Crippen molar-refractivity contribution in [3.05, 3.63) is 11.8 Å². The van der Waals surface area contributed by atoms with Gasteiger partial charge in [-0.1, -0.05) is 26.7 Å². The molecule has 1 aliphatic carbocycles. The topological polar surface area (TPSA) is 72.9 Å². The molecule has 0 aromatic carbocycles. The van der Waals surface area contributed by atoms with Crippen LogP contribution in [0.3, 0.4) is 0 Å². The summed E-state index contributed by atoms with van der Waals surface area (Å²) in [5.74, 6) is 1.35. The van der Waals surface area contributed by atoms with Gasteiger partial charge < -0.3 is 11.1 Å². The number of rotatable bonds is 5. The molecule has 2 rings (SSSR count). The maximum absolute atomic E-state index is 12.6. The van der Waals surface area contributed by atoms with E-state index in [1.165, 1.54) is 0 Å². The molecule has 1 heterocycles. The van der Waals surface area contributed by atoms with E-state index in [9.17, 15) is 4.79 Å². The molecule has 1 aliphatic rings. The highest BCUT2D eigenvalue weighted by atomic mass is 16.2. The van der Waals surface area contributed by atoms with E-state index in [0.29, 0.717) is 18.3 Å². The van der Waals surface area contributed by atoms with Crippen LogP contribution >= 0.6 is 0 Å². The van der Waals surface area contributed by atoms with E-state index in [0.717, 1.165) is 37.7 Å². The van der Waals surface area contributed by atoms with Gasteiger partial charge in [-0.25, -0.2) is 0 Å². The molecule has 20 heavy (non-hydrogen) atoms. The van der Waals surface area contributed by atoms with Crippen LogP contribution in [-0.2, 0) is 18.4 Å². The van der Waals surface area contributed by atoms with Crippen LogP contribution in [-0.4, -0.2) is 15.7 Å². The molecule has 1 saturated carbocycles. The van der Waals surface area contributed by atoms with Gasteiger partial charge in [-0.05, 0) is 25.2 Å². The molecular weight excluding hydrogens is 252 g/mol. The van der Waals surface area contributed by atoms with Crippen molar-refractivity contribution in [3.63, 3.8) is 0 Å². The number of nitrogens with two attached hydrogens (primary N) is 1. The monoisotopic (exact) mass is 278 g/mol. The quantitative estimate of drug-likeness (QED) is 0.867. The molecular formula is C15H26N4O. The molecule has 3 N–H and O–H groups in total. The smallest absolute Gasteiger partial charge is 0.226 e. The molecule has 0 spiro atoms. The summed E-state index contributed by atoms with van der Waals surface area (Å²) in [5, 5.41) is 7.17. The summed E-state index contributed by atoms with van der Waals surface area (Å²) in [6, 6.07) is 0. The van der Waals surface area contributed by atoms with Crippen LogP contribution in [0.25, 0.3) is 0 Å². The van der Waals surface area contributed by atoms with Gasteiger partial charge in [0.15, 0.2) is 0 Å². The van der Waals surface area contributed by atoms with E-state index >= 15 is 0 Å². The van der Waals surface area contributed by atoms with Gasteiger partial charge in [0.25, 0.3) is 0 Å². The number of hydrogen-bond acceptors (Lipinski definition) is 3. The van der Waals surface area contributed by atoms with Gasteiger partial charge >= 0.3 is 0 Å². The molecule has 5 nitrogen and oxygen atoms in total. The highest BCUT2D eigenvalue weighted by Gasteiger charge is 2.41. The molecule has 1 amide bonds. The van der Waals surface area contributed by atoms with Crippen molar-refractivity contribution in [2.75, 3.05) is 5.73 Å². The summed E-state index contributed by atoms with van der Waals surface area (Å²) in [5.41, 5.74) is 6.63. The predicted octanol–water partition coefficient (Wildman–Crippen LogP) is 2.22. The second kappa shape index (κ2) is 5.85. The van der Waals surface area contributed by atoms with E-state index < -0.39 is 0 Å². The number of nitrogens with zero attached hydrogens (tertiary/aromatic N) is 2. The normalized spacial score (nSPS) is 17.6. The Balaban J connectivity index is 2.00. The fourth-order valence-electron chi connectivity index (χ4n) is 3.35. The summed E-state index contributed by atoms with van der Waals surface area (Å²) >= 11 is 0. The molecule has 0 aliphatic heterocycles. The lowest BCUT2D eigenvalue weighted by Gasteiger charge is -2.29. The number of aryl methyl sites for hydroxylation is 1. The highest BCUT2D eigenvalue weighted by Crippen LogP contribution is 2.43. The van der Waals surface area contributed by atoms with Crippen molar-refractivity contribution in [2.45, 2.75) is 52.5 Å². The fourth-order valence-corrected chi connectivity index (χ4v) is 3.35. The van der Waals surface area contributed by atoms with Crippen molar-refractivity contribution >= 4 is 11.7 Å². The standard InChI is InChI=1S/C15H26N4O/c1-11(2)8-15(6-4-5-7-15)14(20)17-9-12-10-18-19(3)13(12)16/h10-11H,4-9,16H2,1-3H3,(H,17,20). The van der Waals surface area contributed by atoms with Crippen molar-refractivity contribution in [1.82, 2.24) is 15.1 Å². The molecule has 1 fully saturated rings. The number of aromatic nitrogens is 2. The molecule has 5 heteroatoms. The maximum atomic E-state index is 12.6. The van der Waals surface area contributed by atoms with Gasteiger partial charge in [-0.2, -0.15) is 5.10 Å². The number of hydrogen-bond donors (Lipinski definition) is 2. The summed E-state index contributed by atoms with van der Waals surface area (Å²) < 4.78 is 1.63. The zero-order chi connectivity index (χ0) is 14.8. The van der Waals surface area contributed by atoms with Gasteiger partial charge in [0, 0.05) is 24.6 Å². The van der Waals surface area contributed by atoms with Crippen LogP contribution in [0.2, 0.25) is 0 Å². The number of carbonyl (C=O) groups is 1. The van der Waals surface area contributed by atoms with Crippen molar-refractivity contribution in [1.29, 1.82) is 0 Å². The number of nitrogen functional groups attached to an aromatic ring is 1. The number of carbonyl (C=O) groups excluding carboxylic acids is 1. The average Bonchev–Trinajstić information content (AvgIpc) is 2.97. The Bertz CT molecular complexity index is 472. The first kappa shape index (κ1) is 14.9. The lowest BCUT2D eigenvalue weighted by molar-refractivity contribution is -0.132. The van der Waals surface area contributed by atoms with Crippen LogP contribution in [0.15, 0.2) is 6.20 Å². The van der Waals surface area contributed by atoms with Crippen molar-refractivity contribution in [3.8, 4) is 0 Å². The number of anilines is 1. The minimum Gasteiger partial charge on any atom is -0.384 e. The Morgan fingerprint density at radius 1 is 1.50 bits per heavy atom. The minimum atomic E-state index is -0.162. The summed E-state index contributed by atoms with van der Waals surface area (Å²) in [6.45, 7) is 4.84.